The summed E-state index contributed by atoms with van der Waals surface area (Å²) in [5.74, 6) is 0.171. The molecular weight excluding hydrogens is 290 g/mol. The Morgan fingerprint density at radius 1 is 1.22 bits per heavy atom. The second-order valence-corrected chi connectivity index (χ2v) is 6.53. The van der Waals surface area contributed by atoms with E-state index in [0.29, 0.717) is 19.5 Å². The molecule has 0 atom stereocenters. The van der Waals surface area contributed by atoms with Gasteiger partial charge in [-0.2, -0.15) is 0 Å². The van der Waals surface area contributed by atoms with Gasteiger partial charge >= 0.3 is 6.03 Å². The van der Waals surface area contributed by atoms with Gasteiger partial charge in [0.05, 0.1) is 6.42 Å². The molecule has 0 bridgehead atoms. The van der Waals surface area contributed by atoms with E-state index in [2.05, 4.69) is 10.6 Å². The van der Waals surface area contributed by atoms with Gasteiger partial charge < -0.3 is 15.5 Å². The lowest BCUT2D eigenvalue weighted by Gasteiger charge is -2.32. The van der Waals surface area contributed by atoms with E-state index in [1.807, 2.05) is 49.9 Å². The van der Waals surface area contributed by atoms with Crippen molar-refractivity contribution in [1.29, 1.82) is 0 Å². The van der Waals surface area contributed by atoms with Crippen molar-refractivity contribution in [2.24, 2.45) is 0 Å². The molecule has 0 unspecified atom stereocenters. The van der Waals surface area contributed by atoms with E-state index >= 15 is 0 Å². The highest BCUT2D eigenvalue weighted by Crippen LogP contribution is 2.14. The van der Waals surface area contributed by atoms with Crippen molar-refractivity contribution in [2.75, 3.05) is 13.1 Å². The van der Waals surface area contributed by atoms with Crippen LogP contribution in [0.5, 0.6) is 0 Å². The van der Waals surface area contributed by atoms with Crippen LogP contribution >= 0.6 is 0 Å². The average Bonchev–Trinajstić information content (AvgIpc) is 2.49. The van der Waals surface area contributed by atoms with Crippen LogP contribution in [0.2, 0.25) is 0 Å². The van der Waals surface area contributed by atoms with E-state index in [0.717, 1.165) is 24.0 Å². The molecule has 0 radical (unpaired) electrons. The van der Waals surface area contributed by atoms with Crippen molar-refractivity contribution in [2.45, 2.75) is 52.1 Å². The Labute approximate surface area is 138 Å². The number of piperidine rings is 1. The third-order valence-corrected chi connectivity index (χ3v) is 4.21. The van der Waals surface area contributed by atoms with Crippen LogP contribution in [0.15, 0.2) is 24.3 Å². The van der Waals surface area contributed by atoms with Crippen LogP contribution in [0.1, 0.15) is 37.8 Å². The van der Waals surface area contributed by atoms with Gasteiger partial charge in [0.15, 0.2) is 0 Å². The van der Waals surface area contributed by atoms with Crippen molar-refractivity contribution in [1.82, 2.24) is 15.5 Å². The summed E-state index contributed by atoms with van der Waals surface area (Å²) in [7, 11) is 0. The minimum Gasteiger partial charge on any atom is -0.342 e. The van der Waals surface area contributed by atoms with Crippen LogP contribution < -0.4 is 10.6 Å². The van der Waals surface area contributed by atoms with Gasteiger partial charge in [0.25, 0.3) is 0 Å². The lowest BCUT2D eigenvalue weighted by molar-refractivity contribution is -0.131. The molecule has 0 spiro atoms. The first-order valence-corrected chi connectivity index (χ1v) is 8.35. The molecule has 0 aromatic heterocycles. The first-order valence-electron chi connectivity index (χ1n) is 8.35. The Kier molecular flexibility index (Phi) is 6.02. The molecule has 23 heavy (non-hydrogen) atoms. The number of hydrogen-bond donors (Lipinski definition) is 2. The summed E-state index contributed by atoms with van der Waals surface area (Å²) in [5, 5.41) is 5.81. The minimum atomic E-state index is -0.121. The molecule has 0 aliphatic carbocycles. The van der Waals surface area contributed by atoms with Crippen LogP contribution in [-0.2, 0) is 11.2 Å². The number of amides is 3. The molecule has 3 amide bonds. The van der Waals surface area contributed by atoms with Gasteiger partial charge in [-0.25, -0.2) is 4.79 Å². The van der Waals surface area contributed by atoms with Gasteiger partial charge in [-0.15, -0.1) is 0 Å². The minimum absolute atomic E-state index is 0.121. The first-order chi connectivity index (χ1) is 11.0. The number of carbonyl (C=O) groups is 2. The summed E-state index contributed by atoms with van der Waals surface area (Å²) in [6, 6.07) is 8.16. The molecule has 1 aromatic rings. The van der Waals surface area contributed by atoms with Crippen molar-refractivity contribution in [3.63, 3.8) is 0 Å². The SMILES string of the molecule is Cc1ccccc1CC(=O)N1CCC(NC(=O)NC(C)C)CC1. The number of hydrogen-bond acceptors (Lipinski definition) is 2. The molecule has 5 nitrogen and oxygen atoms in total. The maximum atomic E-state index is 12.4. The zero-order valence-electron chi connectivity index (χ0n) is 14.3. The van der Waals surface area contributed by atoms with Gasteiger partial charge in [0.2, 0.25) is 5.91 Å². The number of nitrogens with zero attached hydrogens (tertiary/aromatic N) is 1. The second-order valence-electron chi connectivity index (χ2n) is 6.53. The molecule has 1 aliphatic heterocycles. The smallest absolute Gasteiger partial charge is 0.315 e. The summed E-state index contributed by atoms with van der Waals surface area (Å²) in [6.45, 7) is 7.32. The van der Waals surface area contributed by atoms with Crippen molar-refractivity contribution in [3.8, 4) is 0 Å². The van der Waals surface area contributed by atoms with E-state index in [9.17, 15) is 9.59 Å². The standard InChI is InChI=1S/C18H27N3O2/c1-13(2)19-18(23)20-16-8-10-21(11-9-16)17(22)12-15-7-5-4-6-14(15)3/h4-7,13,16H,8-12H2,1-3H3,(H2,19,20,23). The summed E-state index contributed by atoms with van der Waals surface area (Å²) < 4.78 is 0. The molecule has 2 rings (SSSR count). The monoisotopic (exact) mass is 317 g/mol. The Morgan fingerprint density at radius 3 is 2.48 bits per heavy atom. The van der Waals surface area contributed by atoms with Crippen molar-refractivity contribution in [3.05, 3.63) is 35.4 Å². The predicted molar refractivity (Wildman–Crippen MR) is 91.3 cm³/mol. The zero-order chi connectivity index (χ0) is 16.8. The van der Waals surface area contributed by atoms with Crippen LogP contribution in [0.4, 0.5) is 4.79 Å². The van der Waals surface area contributed by atoms with Crippen LogP contribution in [0, 0.1) is 6.92 Å². The molecule has 1 saturated heterocycles. The first kappa shape index (κ1) is 17.3. The van der Waals surface area contributed by atoms with Gasteiger partial charge in [0, 0.05) is 25.2 Å². The highest BCUT2D eigenvalue weighted by atomic mass is 16.2. The third kappa shape index (κ3) is 5.27. The van der Waals surface area contributed by atoms with E-state index in [1.165, 1.54) is 0 Å². The highest BCUT2D eigenvalue weighted by Gasteiger charge is 2.24. The topological polar surface area (TPSA) is 61.4 Å². The summed E-state index contributed by atoms with van der Waals surface area (Å²) >= 11 is 0. The van der Waals surface area contributed by atoms with E-state index in [-0.39, 0.29) is 24.0 Å². The number of carbonyl (C=O) groups excluding carboxylic acids is 2. The number of aryl methyl sites for hydroxylation is 1. The number of likely N-dealkylation sites (tertiary alicyclic amines) is 1. The molecule has 2 N–H and O–H groups in total. The molecule has 1 aliphatic rings. The number of urea groups is 1. The van der Waals surface area contributed by atoms with Crippen molar-refractivity contribution < 1.29 is 9.59 Å². The summed E-state index contributed by atoms with van der Waals surface area (Å²) in [5.41, 5.74) is 2.25. The molecule has 1 aromatic carbocycles. The lowest BCUT2D eigenvalue weighted by atomic mass is 10.0. The third-order valence-electron chi connectivity index (χ3n) is 4.21. The molecular formula is C18H27N3O2. The van der Waals surface area contributed by atoms with E-state index < -0.39 is 0 Å². The number of nitrogens with one attached hydrogen (secondary N) is 2. The van der Waals surface area contributed by atoms with Gasteiger partial charge in [-0.05, 0) is 44.7 Å². The maximum Gasteiger partial charge on any atom is 0.315 e. The zero-order valence-corrected chi connectivity index (χ0v) is 14.3. The average molecular weight is 317 g/mol. The molecule has 1 heterocycles. The van der Waals surface area contributed by atoms with E-state index in [1.54, 1.807) is 0 Å². The Bertz CT molecular complexity index is 549. The van der Waals surface area contributed by atoms with Crippen LogP contribution in [0.3, 0.4) is 0 Å². The Balaban J connectivity index is 1.79. The number of rotatable bonds is 4. The normalized spacial score (nSPS) is 15.6. The van der Waals surface area contributed by atoms with Crippen molar-refractivity contribution >= 4 is 11.9 Å². The molecule has 0 saturated carbocycles. The van der Waals surface area contributed by atoms with Crippen LogP contribution in [-0.4, -0.2) is 42.0 Å². The fourth-order valence-corrected chi connectivity index (χ4v) is 2.85. The van der Waals surface area contributed by atoms with Crippen LogP contribution in [0.25, 0.3) is 0 Å². The summed E-state index contributed by atoms with van der Waals surface area (Å²) in [6.07, 6.45) is 2.08. The molecule has 5 heteroatoms. The van der Waals surface area contributed by atoms with Gasteiger partial charge in [0.1, 0.15) is 0 Å². The predicted octanol–water partition coefficient (Wildman–Crippen LogP) is 2.24. The fourth-order valence-electron chi connectivity index (χ4n) is 2.85. The fraction of sp³-hybridized carbons (Fsp3) is 0.556. The van der Waals surface area contributed by atoms with E-state index in [4.69, 9.17) is 0 Å². The second kappa shape index (κ2) is 7.99. The quantitative estimate of drug-likeness (QED) is 0.894. The largest absolute Gasteiger partial charge is 0.342 e. The highest BCUT2D eigenvalue weighted by molar-refractivity contribution is 5.79. The molecule has 126 valence electrons. The molecule has 1 fully saturated rings. The lowest BCUT2D eigenvalue weighted by Crippen LogP contribution is -2.50. The number of benzene rings is 1. The Morgan fingerprint density at radius 2 is 1.87 bits per heavy atom. The summed E-state index contributed by atoms with van der Waals surface area (Å²) in [4.78, 5) is 26.0. The van der Waals surface area contributed by atoms with Gasteiger partial charge in [-0.1, -0.05) is 24.3 Å². The van der Waals surface area contributed by atoms with Gasteiger partial charge in [-0.3, -0.25) is 4.79 Å². The Hall–Kier alpha value is -2.04. The maximum absolute atomic E-state index is 12.4.